The van der Waals surface area contributed by atoms with Gasteiger partial charge in [0.25, 0.3) is 5.91 Å². The number of methoxy groups -OCH3 is 1. The number of nitrogens with two attached hydrogens (primary N) is 1. The Labute approximate surface area is 238 Å². The molecule has 1 aliphatic rings. The number of phenolic OH excluding ortho intramolecular Hbond substituents is 1. The Kier molecular flexibility index (Phi) is 8.95. The number of nitrogen functional groups attached to an aromatic ring is 1. The molecular formula is C30H42N2O7Si. The Morgan fingerprint density at radius 1 is 1.07 bits per heavy atom. The molecule has 1 atom stereocenters. The lowest BCUT2D eigenvalue weighted by atomic mass is 10.0. The van der Waals surface area contributed by atoms with Gasteiger partial charge in [-0.25, -0.2) is 4.79 Å². The van der Waals surface area contributed by atoms with Crippen molar-refractivity contribution in [2.75, 3.05) is 19.5 Å². The molecule has 0 bridgehead atoms. The van der Waals surface area contributed by atoms with Crippen LogP contribution < -0.4 is 15.2 Å². The third-order valence-corrected chi connectivity index (χ3v) is 11.7. The summed E-state index contributed by atoms with van der Waals surface area (Å²) in [6.07, 6.45) is 1.59. The highest BCUT2D eigenvalue weighted by Gasteiger charge is 2.40. The Morgan fingerprint density at radius 3 is 2.25 bits per heavy atom. The third-order valence-electron chi connectivity index (χ3n) is 7.22. The highest BCUT2D eigenvalue weighted by atomic mass is 28.4. The van der Waals surface area contributed by atoms with Gasteiger partial charge in [-0.3, -0.25) is 4.79 Å². The molecule has 1 aliphatic heterocycles. The standard InChI is InChI=1S/C30H42N2O7Si/c1-29(2,3)39-28(35)38-22-12-10-19(11-13-22)20-14-21(18-37-40(8,9)30(4,5)6)32(17-20)27(34)23-15-26(36-7)25(33)16-24(23)31/h10-13,15-17,21,33H,14,18,31H2,1-9H3. The summed E-state index contributed by atoms with van der Waals surface area (Å²) in [6, 6.07) is 9.55. The van der Waals surface area contributed by atoms with Crippen molar-refractivity contribution < 1.29 is 33.3 Å². The van der Waals surface area contributed by atoms with Crippen LogP contribution in [-0.4, -0.2) is 55.7 Å². The number of carbonyl (C=O) groups is 2. The molecule has 0 saturated carbocycles. The van der Waals surface area contributed by atoms with Gasteiger partial charge in [0.15, 0.2) is 19.8 Å². The van der Waals surface area contributed by atoms with Crippen molar-refractivity contribution in [1.29, 1.82) is 0 Å². The SMILES string of the molecule is COc1cc(C(=O)N2C=C(c3ccc(OC(=O)OC(C)(C)C)cc3)CC2CO[Si](C)(C)C(C)(C)C)c(N)cc1O. The maximum Gasteiger partial charge on any atom is 0.514 e. The van der Waals surface area contributed by atoms with E-state index >= 15 is 0 Å². The van der Waals surface area contributed by atoms with E-state index in [9.17, 15) is 14.7 Å². The lowest BCUT2D eigenvalue weighted by molar-refractivity contribution is 0.0206. The molecule has 0 spiro atoms. The number of benzene rings is 2. The molecule has 218 valence electrons. The van der Waals surface area contributed by atoms with Gasteiger partial charge in [0, 0.05) is 18.0 Å². The minimum atomic E-state index is -2.09. The molecule has 2 aromatic carbocycles. The fraction of sp³-hybridized carbons (Fsp3) is 0.467. The van der Waals surface area contributed by atoms with Crippen molar-refractivity contribution >= 4 is 31.6 Å². The molecule has 3 rings (SSSR count). The van der Waals surface area contributed by atoms with Crippen LogP contribution in [0.3, 0.4) is 0 Å². The van der Waals surface area contributed by atoms with Crippen LogP contribution in [0, 0.1) is 0 Å². The fourth-order valence-electron chi connectivity index (χ4n) is 3.93. The van der Waals surface area contributed by atoms with E-state index in [4.69, 9.17) is 24.4 Å². The van der Waals surface area contributed by atoms with Crippen LogP contribution in [0.2, 0.25) is 18.1 Å². The number of aromatic hydroxyl groups is 1. The zero-order chi connectivity index (χ0) is 30.0. The molecule has 9 nitrogen and oxygen atoms in total. The number of amides is 1. The lowest BCUT2D eigenvalue weighted by Crippen LogP contribution is -2.45. The summed E-state index contributed by atoms with van der Waals surface area (Å²) in [5.41, 5.74) is 7.66. The molecule has 0 aliphatic carbocycles. The highest BCUT2D eigenvalue weighted by Crippen LogP contribution is 2.39. The number of carbonyl (C=O) groups excluding carboxylic acids is 2. The molecule has 1 unspecified atom stereocenters. The fourth-order valence-corrected chi connectivity index (χ4v) is 4.97. The monoisotopic (exact) mass is 570 g/mol. The summed E-state index contributed by atoms with van der Waals surface area (Å²) < 4.78 is 22.2. The second-order valence-corrected chi connectivity index (χ2v) is 17.3. The first-order valence-electron chi connectivity index (χ1n) is 13.3. The zero-order valence-electron chi connectivity index (χ0n) is 25.0. The third kappa shape index (κ3) is 7.36. The number of rotatable bonds is 7. The largest absolute Gasteiger partial charge is 0.514 e. The summed E-state index contributed by atoms with van der Waals surface area (Å²) in [7, 11) is -0.674. The molecular weight excluding hydrogens is 528 g/mol. The Bertz CT molecular complexity index is 1270. The second-order valence-electron chi connectivity index (χ2n) is 12.5. The van der Waals surface area contributed by atoms with Gasteiger partial charge in [0.2, 0.25) is 0 Å². The van der Waals surface area contributed by atoms with E-state index in [2.05, 4.69) is 33.9 Å². The number of nitrogens with zero attached hydrogens (tertiary/aromatic N) is 1. The predicted molar refractivity (Wildman–Crippen MR) is 158 cm³/mol. The molecule has 1 amide bonds. The summed E-state index contributed by atoms with van der Waals surface area (Å²) in [4.78, 5) is 27.5. The van der Waals surface area contributed by atoms with Crippen LogP contribution in [-0.2, 0) is 9.16 Å². The van der Waals surface area contributed by atoms with E-state index in [1.807, 2.05) is 18.3 Å². The Morgan fingerprint density at radius 2 is 1.70 bits per heavy atom. The first-order chi connectivity index (χ1) is 18.4. The van der Waals surface area contributed by atoms with Crippen molar-refractivity contribution in [1.82, 2.24) is 4.90 Å². The van der Waals surface area contributed by atoms with Gasteiger partial charge < -0.3 is 34.4 Å². The van der Waals surface area contributed by atoms with E-state index in [0.29, 0.717) is 18.8 Å². The lowest BCUT2D eigenvalue weighted by Gasteiger charge is -2.38. The van der Waals surface area contributed by atoms with Gasteiger partial charge in [-0.15, -0.1) is 0 Å². The number of ether oxygens (including phenoxy) is 3. The summed E-state index contributed by atoms with van der Waals surface area (Å²) in [6.45, 7) is 16.5. The van der Waals surface area contributed by atoms with Crippen LogP contribution in [0.25, 0.3) is 5.57 Å². The van der Waals surface area contributed by atoms with Crippen molar-refractivity contribution in [3.8, 4) is 17.2 Å². The second kappa shape index (κ2) is 11.5. The predicted octanol–water partition coefficient (Wildman–Crippen LogP) is 6.57. The minimum Gasteiger partial charge on any atom is -0.504 e. The Balaban J connectivity index is 1.89. The zero-order valence-corrected chi connectivity index (χ0v) is 26.0. The molecule has 3 N–H and O–H groups in total. The molecule has 0 aromatic heterocycles. The molecule has 40 heavy (non-hydrogen) atoms. The quantitative estimate of drug-likeness (QED) is 0.166. The molecule has 0 radical (unpaired) electrons. The summed E-state index contributed by atoms with van der Waals surface area (Å²) >= 11 is 0. The van der Waals surface area contributed by atoms with Gasteiger partial charge in [-0.1, -0.05) is 32.9 Å². The smallest absolute Gasteiger partial charge is 0.504 e. The van der Waals surface area contributed by atoms with E-state index in [0.717, 1.165) is 11.1 Å². The molecule has 2 aromatic rings. The van der Waals surface area contributed by atoms with Crippen LogP contribution in [0.15, 0.2) is 42.6 Å². The first kappa shape index (κ1) is 31.0. The highest BCUT2D eigenvalue weighted by molar-refractivity contribution is 6.74. The number of hydrogen-bond acceptors (Lipinski definition) is 8. The summed E-state index contributed by atoms with van der Waals surface area (Å²) in [5, 5.41) is 10.1. The molecule has 0 fully saturated rings. The average Bonchev–Trinajstić information content (AvgIpc) is 3.25. The van der Waals surface area contributed by atoms with Gasteiger partial charge in [0.05, 0.1) is 25.3 Å². The molecule has 10 heteroatoms. The Hall–Kier alpha value is -3.50. The maximum absolute atomic E-state index is 13.8. The minimum absolute atomic E-state index is 0.00935. The van der Waals surface area contributed by atoms with Crippen molar-refractivity contribution in [3.05, 3.63) is 53.7 Å². The normalized spacial score (nSPS) is 16.0. The average molecular weight is 571 g/mol. The van der Waals surface area contributed by atoms with Crippen molar-refractivity contribution in [3.63, 3.8) is 0 Å². The van der Waals surface area contributed by atoms with Gasteiger partial charge >= 0.3 is 6.16 Å². The van der Waals surface area contributed by atoms with Crippen LogP contribution in [0.1, 0.15) is 63.9 Å². The van der Waals surface area contributed by atoms with E-state index in [1.165, 1.54) is 19.2 Å². The summed E-state index contributed by atoms with van der Waals surface area (Å²) in [5.74, 6) is 0.0575. The number of phenols is 1. The molecule has 1 heterocycles. The topological polar surface area (TPSA) is 121 Å². The van der Waals surface area contributed by atoms with Gasteiger partial charge in [-0.2, -0.15) is 0 Å². The maximum atomic E-state index is 13.8. The van der Waals surface area contributed by atoms with Crippen molar-refractivity contribution in [2.45, 2.75) is 77.7 Å². The molecule has 0 saturated heterocycles. The first-order valence-corrected chi connectivity index (χ1v) is 16.2. The van der Waals surface area contributed by atoms with E-state index in [1.54, 1.807) is 37.8 Å². The van der Waals surface area contributed by atoms with Crippen LogP contribution in [0.5, 0.6) is 17.2 Å². The number of hydrogen-bond donors (Lipinski definition) is 2. The number of anilines is 1. The van der Waals surface area contributed by atoms with E-state index < -0.39 is 20.1 Å². The van der Waals surface area contributed by atoms with Crippen LogP contribution >= 0.6 is 0 Å². The van der Waals surface area contributed by atoms with Gasteiger partial charge in [-0.05, 0) is 74.7 Å². The van der Waals surface area contributed by atoms with Gasteiger partial charge in [0.1, 0.15) is 11.4 Å². The van der Waals surface area contributed by atoms with Crippen LogP contribution in [0.4, 0.5) is 10.5 Å². The van der Waals surface area contributed by atoms with E-state index in [-0.39, 0.29) is 39.7 Å². The van der Waals surface area contributed by atoms with Crippen molar-refractivity contribution in [2.24, 2.45) is 0 Å².